The predicted molar refractivity (Wildman–Crippen MR) is 90.0 cm³/mol. The van der Waals surface area contributed by atoms with E-state index in [1.165, 1.54) is 44.4 Å². The third-order valence-corrected chi connectivity index (χ3v) is 5.88. The molecule has 1 nitrogen and oxygen atoms in total. The monoisotopic (exact) mass is 285 g/mol. The minimum atomic E-state index is 0.770. The van der Waals surface area contributed by atoms with Crippen molar-refractivity contribution in [3.8, 4) is 0 Å². The van der Waals surface area contributed by atoms with E-state index >= 15 is 0 Å². The summed E-state index contributed by atoms with van der Waals surface area (Å²) in [7, 11) is 0. The molecule has 1 N–H and O–H groups in total. The van der Waals surface area contributed by atoms with Gasteiger partial charge in [0.2, 0.25) is 0 Å². The maximum Gasteiger partial charge on any atom is 0.0203 e. The van der Waals surface area contributed by atoms with Gasteiger partial charge in [-0.2, -0.15) is 11.8 Å². The van der Waals surface area contributed by atoms with Crippen LogP contribution >= 0.6 is 11.8 Å². The van der Waals surface area contributed by atoms with Crippen LogP contribution in [0, 0.1) is 17.8 Å². The molecule has 0 bridgehead atoms. The molecule has 0 radical (unpaired) electrons. The lowest BCUT2D eigenvalue weighted by Gasteiger charge is -2.38. The molecule has 1 aliphatic rings. The molecule has 0 amide bonds. The molecular formula is C17H35NS. The highest BCUT2D eigenvalue weighted by Gasteiger charge is 2.31. The molecule has 0 aromatic carbocycles. The van der Waals surface area contributed by atoms with Crippen LogP contribution in [0.5, 0.6) is 0 Å². The van der Waals surface area contributed by atoms with E-state index in [2.05, 4.69) is 51.7 Å². The minimum Gasteiger partial charge on any atom is -0.313 e. The van der Waals surface area contributed by atoms with Crippen LogP contribution in [0.15, 0.2) is 0 Å². The van der Waals surface area contributed by atoms with Crippen molar-refractivity contribution in [2.24, 2.45) is 17.8 Å². The maximum atomic E-state index is 3.80. The smallest absolute Gasteiger partial charge is 0.0203 e. The summed E-state index contributed by atoms with van der Waals surface area (Å²) in [6.45, 7) is 12.9. The largest absolute Gasteiger partial charge is 0.313 e. The van der Waals surface area contributed by atoms with Gasteiger partial charge in [0.15, 0.2) is 0 Å². The average Bonchev–Trinajstić information content (AvgIpc) is 2.36. The van der Waals surface area contributed by atoms with Crippen molar-refractivity contribution < 1.29 is 0 Å². The Hall–Kier alpha value is 0.310. The van der Waals surface area contributed by atoms with Crippen molar-refractivity contribution in [1.82, 2.24) is 5.32 Å². The Labute approximate surface area is 125 Å². The van der Waals surface area contributed by atoms with Gasteiger partial charge in [-0.05, 0) is 62.2 Å². The van der Waals surface area contributed by atoms with Crippen LogP contribution in [-0.2, 0) is 0 Å². The summed E-state index contributed by atoms with van der Waals surface area (Å²) in [5, 5.41) is 4.65. The zero-order valence-corrected chi connectivity index (χ0v) is 14.6. The lowest BCUT2D eigenvalue weighted by atomic mass is 9.79. The van der Waals surface area contributed by atoms with Crippen LogP contribution in [0.4, 0.5) is 0 Å². The Bertz CT molecular complexity index is 227. The number of hydrogen-bond donors (Lipinski definition) is 1. The molecule has 0 aliphatic heterocycles. The van der Waals surface area contributed by atoms with Gasteiger partial charge >= 0.3 is 0 Å². The van der Waals surface area contributed by atoms with Crippen LogP contribution in [-0.4, -0.2) is 23.6 Å². The Kier molecular flexibility index (Phi) is 8.48. The normalized spacial score (nSPS) is 28.3. The lowest BCUT2D eigenvalue weighted by molar-refractivity contribution is 0.246. The molecule has 0 spiro atoms. The molecule has 19 heavy (non-hydrogen) atoms. The van der Waals surface area contributed by atoms with Crippen molar-refractivity contribution in [2.75, 3.05) is 12.3 Å². The zero-order valence-electron chi connectivity index (χ0n) is 13.7. The SMILES string of the molecule is CCCNC1CCC(C(C)C)CC1SCCC(C)C. The summed E-state index contributed by atoms with van der Waals surface area (Å²) < 4.78 is 0. The molecule has 1 rings (SSSR count). The molecule has 0 saturated heterocycles. The van der Waals surface area contributed by atoms with E-state index in [-0.39, 0.29) is 0 Å². The van der Waals surface area contributed by atoms with E-state index in [4.69, 9.17) is 0 Å². The summed E-state index contributed by atoms with van der Waals surface area (Å²) in [4.78, 5) is 0. The Morgan fingerprint density at radius 3 is 2.47 bits per heavy atom. The second-order valence-electron chi connectivity index (χ2n) is 6.97. The quantitative estimate of drug-likeness (QED) is 0.676. The number of hydrogen-bond acceptors (Lipinski definition) is 2. The lowest BCUT2D eigenvalue weighted by Crippen LogP contribution is -2.43. The summed E-state index contributed by atoms with van der Waals surface area (Å²) in [6, 6.07) is 0.770. The Balaban J connectivity index is 2.45. The summed E-state index contributed by atoms with van der Waals surface area (Å²) >= 11 is 2.24. The summed E-state index contributed by atoms with van der Waals surface area (Å²) in [5.74, 6) is 4.01. The van der Waals surface area contributed by atoms with Gasteiger partial charge in [-0.15, -0.1) is 0 Å². The molecule has 0 aromatic heterocycles. The van der Waals surface area contributed by atoms with Crippen molar-refractivity contribution in [3.05, 3.63) is 0 Å². The van der Waals surface area contributed by atoms with E-state index in [1.807, 2.05) is 0 Å². The molecular weight excluding hydrogens is 250 g/mol. The maximum absolute atomic E-state index is 3.80. The molecule has 3 atom stereocenters. The molecule has 0 aromatic rings. The zero-order chi connectivity index (χ0) is 14.3. The number of thioether (sulfide) groups is 1. The van der Waals surface area contributed by atoms with Crippen molar-refractivity contribution in [1.29, 1.82) is 0 Å². The van der Waals surface area contributed by atoms with Crippen molar-refractivity contribution in [2.45, 2.75) is 78.0 Å². The van der Waals surface area contributed by atoms with E-state index in [0.717, 1.165) is 29.0 Å². The van der Waals surface area contributed by atoms with Gasteiger partial charge < -0.3 is 5.32 Å². The van der Waals surface area contributed by atoms with Gasteiger partial charge in [-0.3, -0.25) is 0 Å². The van der Waals surface area contributed by atoms with Crippen LogP contribution in [0.1, 0.15) is 66.7 Å². The Morgan fingerprint density at radius 2 is 1.89 bits per heavy atom. The van der Waals surface area contributed by atoms with E-state index in [9.17, 15) is 0 Å². The first-order valence-corrected chi connectivity index (χ1v) is 9.44. The second kappa shape index (κ2) is 9.28. The first-order chi connectivity index (χ1) is 9.04. The molecule has 1 aliphatic carbocycles. The van der Waals surface area contributed by atoms with Gasteiger partial charge in [0, 0.05) is 11.3 Å². The fourth-order valence-corrected chi connectivity index (χ4v) is 4.73. The van der Waals surface area contributed by atoms with Gasteiger partial charge in [0.05, 0.1) is 0 Å². The summed E-state index contributed by atoms with van der Waals surface area (Å²) in [5.41, 5.74) is 0. The van der Waals surface area contributed by atoms with Crippen LogP contribution < -0.4 is 5.32 Å². The fourth-order valence-electron chi connectivity index (χ4n) is 2.97. The fraction of sp³-hybridized carbons (Fsp3) is 1.00. The van der Waals surface area contributed by atoms with Crippen LogP contribution in [0.3, 0.4) is 0 Å². The molecule has 1 fully saturated rings. The van der Waals surface area contributed by atoms with E-state index < -0.39 is 0 Å². The highest BCUT2D eigenvalue weighted by atomic mass is 32.2. The van der Waals surface area contributed by atoms with Gasteiger partial charge in [0.25, 0.3) is 0 Å². The van der Waals surface area contributed by atoms with E-state index in [1.54, 1.807) is 0 Å². The average molecular weight is 286 g/mol. The first kappa shape index (κ1) is 17.4. The number of nitrogens with one attached hydrogen (secondary N) is 1. The molecule has 2 heteroatoms. The third kappa shape index (κ3) is 6.53. The topological polar surface area (TPSA) is 12.0 Å². The molecule has 3 unspecified atom stereocenters. The van der Waals surface area contributed by atoms with Gasteiger partial charge in [-0.25, -0.2) is 0 Å². The summed E-state index contributed by atoms with van der Waals surface area (Å²) in [6.07, 6.45) is 6.88. The minimum absolute atomic E-state index is 0.770. The molecule has 114 valence electrons. The standard InChI is InChI=1S/C17H35NS/c1-6-10-18-16-8-7-15(14(4)5)12-17(16)19-11-9-13(2)3/h13-18H,6-12H2,1-5H3. The van der Waals surface area contributed by atoms with Gasteiger partial charge in [0.1, 0.15) is 0 Å². The first-order valence-electron chi connectivity index (χ1n) is 8.39. The van der Waals surface area contributed by atoms with Crippen LogP contribution in [0.2, 0.25) is 0 Å². The molecule has 0 heterocycles. The Morgan fingerprint density at radius 1 is 1.16 bits per heavy atom. The van der Waals surface area contributed by atoms with Crippen molar-refractivity contribution in [3.63, 3.8) is 0 Å². The predicted octanol–water partition coefficient (Wildman–Crippen LogP) is 4.96. The van der Waals surface area contributed by atoms with Crippen molar-refractivity contribution >= 4 is 11.8 Å². The van der Waals surface area contributed by atoms with Crippen LogP contribution in [0.25, 0.3) is 0 Å². The molecule has 1 saturated carbocycles. The van der Waals surface area contributed by atoms with Gasteiger partial charge in [-0.1, -0.05) is 34.6 Å². The number of rotatable bonds is 8. The van der Waals surface area contributed by atoms with E-state index in [0.29, 0.717) is 0 Å². The highest BCUT2D eigenvalue weighted by molar-refractivity contribution is 7.99. The highest BCUT2D eigenvalue weighted by Crippen LogP contribution is 2.36. The second-order valence-corrected chi connectivity index (χ2v) is 8.32. The third-order valence-electron chi connectivity index (χ3n) is 4.46.